The number of carbonyl (C=O) groups is 1. The zero-order valence-electron chi connectivity index (χ0n) is 17.2. The van der Waals surface area contributed by atoms with Gasteiger partial charge in [-0.1, -0.05) is 36.4 Å². The highest BCUT2D eigenvalue weighted by Crippen LogP contribution is 2.30. The second kappa shape index (κ2) is 10.4. The Bertz CT molecular complexity index is 876. The highest BCUT2D eigenvalue weighted by Gasteiger charge is 2.30. The molecule has 0 unspecified atom stereocenters. The molecule has 4 nitrogen and oxygen atoms in total. The van der Waals surface area contributed by atoms with E-state index >= 15 is 0 Å². The van der Waals surface area contributed by atoms with Crippen LogP contribution in [0, 0.1) is 0 Å². The maximum Gasteiger partial charge on any atom is 0.416 e. The molecule has 0 aliphatic rings. The minimum absolute atomic E-state index is 0.00278. The molecule has 2 rings (SSSR count). The predicted octanol–water partition coefficient (Wildman–Crippen LogP) is 4.54. The summed E-state index contributed by atoms with van der Waals surface area (Å²) in [6, 6.07) is 12.5. The Labute approximate surface area is 174 Å². The summed E-state index contributed by atoms with van der Waals surface area (Å²) in [5.74, 6) is -0.409. The Morgan fingerprint density at radius 3 is 2.47 bits per heavy atom. The molecule has 0 aliphatic heterocycles. The summed E-state index contributed by atoms with van der Waals surface area (Å²) in [4.78, 5) is 11.3. The normalized spacial score (nSPS) is 14.3. The van der Waals surface area contributed by atoms with Crippen LogP contribution < -0.4 is 5.32 Å². The van der Waals surface area contributed by atoms with E-state index < -0.39 is 23.8 Å². The van der Waals surface area contributed by atoms with E-state index in [-0.39, 0.29) is 18.2 Å². The van der Waals surface area contributed by atoms with E-state index in [1.807, 2.05) is 38.1 Å². The molecule has 0 saturated heterocycles. The number of esters is 1. The molecule has 0 fully saturated rings. The molecule has 2 aromatic rings. The van der Waals surface area contributed by atoms with Crippen molar-refractivity contribution in [2.24, 2.45) is 0 Å². The first-order valence-electron chi connectivity index (χ1n) is 9.54. The van der Waals surface area contributed by atoms with Crippen LogP contribution in [0.5, 0.6) is 0 Å². The summed E-state index contributed by atoms with van der Waals surface area (Å²) in [5, 5.41) is 13.4. The van der Waals surface area contributed by atoms with Crippen LogP contribution in [0.25, 0.3) is 5.57 Å². The molecule has 2 N–H and O–H groups in total. The SMILES string of the molecule is COC(=O)/C=C(\C)c1ccc(C[C@@H](C)NC[C@@H](O)c2cccc(C(F)(F)F)c2)cc1. The van der Waals surface area contributed by atoms with Crippen molar-refractivity contribution in [1.82, 2.24) is 5.32 Å². The van der Waals surface area contributed by atoms with Gasteiger partial charge >= 0.3 is 12.1 Å². The van der Waals surface area contributed by atoms with Crippen LogP contribution in [0.4, 0.5) is 13.2 Å². The average Bonchev–Trinajstić information content (AvgIpc) is 2.71. The van der Waals surface area contributed by atoms with E-state index in [1.165, 1.54) is 25.3 Å². The van der Waals surface area contributed by atoms with E-state index in [0.29, 0.717) is 6.42 Å². The summed E-state index contributed by atoms with van der Waals surface area (Å²) in [6.45, 7) is 3.90. The van der Waals surface area contributed by atoms with E-state index in [1.54, 1.807) is 0 Å². The van der Waals surface area contributed by atoms with Gasteiger partial charge in [-0.15, -0.1) is 0 Å². The number of aliphatic hydroxyl groups excluding tert-OH is 1. The van der Waals surface area contributed by atoms with Gasteiger partial charge in [0.1, 0.15) is 0 Å². The fraction of sp³-hybridized carbons (Fsp3) is 0.348. The smallest absolute Gasteiger partial charge is 0.416 e. The molecule has 0 heterocycles. The lowest BCUT2D eigenvalue weighted by Gasteiger charge is -2.18. The molecule has 0 spiro atoms. The Kier molecular flexibility index (Phi) is 8.20. The highest BCUT2D eigenvalue weighted by atomic mass is 19.4. The summed E-state index contributed by atoms with van der Waals surface area (Å²) < 4.78 is 43.1. The zero-order chi connectivity index (χ0) is 22.3. The molecule has 0 amide bonds. The van der Waals surface area contributed by atoms with Crippen molar-refractivity contribution in [3.05, 3.63) is 76.9 Å². The predicted molar refractivity (Wildman–Crippen MR) is 110 cm³/mol. The van der Waals surface area contributed by atoms with E-state index in [0.717, 1.165) is 28.8 Å². The number of hydrogen-bond acceptors (Lipinski definition) is 4. The van der Waals surface area contributed by atoms with Crippen molar-refractivity contribution < 1.29 is 27.8 Å². The molecular weight excluding hydrogens is 395 g/mol. The summed E-state index contributed by atoms with van der Waals surface area (Å²) in [7, 11) is 1.33. The number of aliphatic hydroxyl groups is 1. The number of nitrogens with one attached hydrogen (secondary N) is 1. The van der Waals surface area contributed by atoms with Gasteiger partial charge in [0.2, 0.25) is 0 Å². The fourth-order valence-corrected chi connectivity index (χ4v) is 3.00. The maximum atomic E-state index is 12.8. The lowest BCUT2D eigenvalue weighted by atomic mass is 10.0. The molecule has 0 bridgehead atoms. The zero-order valence-corrected chi connectivity index (χ0v) is 17.2. The number of carbonyl (C=O) groups excluding carboxylic acids is 1. The molecule has 0 radical (unpaired) electrons. The third-order valence-electron chi connectivity index (χ3n) is 4.75. The second-order valence-electron chi connectivity index (χ2n) is 7.20. The lowest BCUT2D eigenvalue weighted by Crippen LogP contribution is -2.32. The Hall–Kier alpha value is -2.64. The largest absolute Gasteiger partial charge is 0.466 e. The van der Waals surface area contributed by atoms with Gasteiger partial charge in [-0.05, 0) is 54.7 Å². The van der Waals surface area contributed by atoms with Crippen molar-refractivity contribution in [3.63, 3.8) is 0 Å². The number of methoxy groups -OCH3 is 1. The number of ether oxygens (including phenoxy) is 1. The fourth-order valence-electron chi connectivity index (χ4n) is 3.00. The first kappa shape index (κ1) is 23.6. The Morgan fingerprint density at radius 2 is 1.87 bits per heavy atom. The lowest BCUT2D eigenvalue weighted by molar-refractivity contribution is -0.137. The quantitative estimate of drug-likeness (QED) is 0.486. The van der Waals surface area contributed by atoms with Gasteiger partial charge in [-0.25, -0.2) is 4.79 Å². The molecule has 2 atom stereocenters. The van der Waals surface area contributed by atoms with E-state index in [9.17, 15) is 23.1 Å². The summed E-state index contributed by atoms with van der Waals surface area (Å²) in [6.07, 6.45) is -3.38. The van der Waals surface area contributed by atoms with Crippen molar-refractivity contribution >= 4 is 11.5 Å². The number of allylic oxidation sites excluding steroid dienone is 1. The molecular formula is C23H26F3NO3. The Balaban J connectivity index is 1.91. The molecule has 0 aromatic heterocycles. The minimum atomic E-state index is -4.44. The van der Waals surface area contributed by atoms with Crippen LogP contribution in [0.3, 0.4) is 0 Å². The number of hydrogen-bond donors (Lipinski definition) is 2. The van der Waals surface area contributed by atoms with Crippen LogP contribution >= 0.6 is 0 Å². The van der Waals surface area contributed by atoms with Crippen molar-refractivity contribution in [2.75, 3.05) is 13.7 Å². The van der Waals surface area contributed by atoms with Gasteiger partial charge in [0, 0.05) is 18.7 Å². The van der Waals surface area contributed by atoms with E-state index in [4.69, 9.17) is 0 Å². The number of halogens is 3. The van der Waals surface area contributed by atoms with Crippen LogP contribution in [-0.2, 0) is 22.1 Å². The van der Waals surface area contributed by atoms with Gasteiger partial charge in [-0.3, -0.25) is 0 Å². The highest BCUT2D eigenvalue weighted by molar-refractivity contribution is 5.90. The average molecular weight is 421 g/mol. The van der Waals surface area contributed by atoms with Gasteiger partial charge < -0.3 is 15.2 Å². The van der Waals surface area contributed by atoms with Crippen LogP contribution in [0.1, 0.15) is 42.2 Å². The van der Waals surface area contributed by atoms with Crippen molar-refractivity contribution in [1.29, 1.82) is 0 Å². The summed E-state index contributed by atoms with van der Waals surface area (Å²) >= 11 is 0. The monoisotopic (exact) mass is 421 g/mol. The molecule has 0 saturated carbocycles. The molecule has 7 heteroatoms. The van der Waals surface area contributed by atoms with Crippen LogP contribution in [0.2, 0.25) is 0 Å². The third-order valence-corrected chi connectivity index (χ3v) is 4.75. The number of benzene rings is 2. The molecule has 0 aliphatic carbocycles. The standard InChI is InChI=1S/C23H26F3NO3/c1-15(11-22(29)30-3)18-9-7-17(8-10-18)12-16(2)27-14-21(28)19-5-4-6-20(13-19)23(24,25)26/h4-11,13,16,21,27-28H,12,14H2,1-3H3/b15-11+/t16-,21-/m1/s1. The van der Waals surface area contributed by atoms with E-state index in [2.05, 4.69) is 10.1 Å². The van der Waals surface area contributed by atoms with Crippen LogP contribution in [-0.4, -0.2) is 30.8 Å². The molecule has 30 heavy (non-hydrogen) atoms. The van der Waals surface area contributed by atoms with Gasteiger partial charge in [-0.2, -0.15) is 13.2 Å². The molecule has 162 valence electrons. The first-order chi connectivity index (χ1) is 14.1. The number of rotatable bonds is 8. The third kappa shape index (κ3) is 7.00. The number of alkyl halides is 3. The van der Waals surface area contributed by atoms with Gasteiger partial charge in [0.05, 0.1) is 18.8 Å². The maximum absolute atomic E-state index is 12.8. The summed E-state index contributed by atoms with van der Waals surface area (Å²) in [5.41, 5.74) is 2.21. The molecule has 2 aromatic carbocycles. The minimum Gasteiger partial charge on any atom is -0.466 e. The van der Waals surface area contributed by atoms with Crippen molar-refractivity contribution in [2.45, 2.75) is 38.6 Å². The van der Waals surface area contributed by atoms with Crippen LogP contribution in [0.15, 0.2) is 54.6 Å². The Morgan fingerprint density at radius 1 is 1.20 bits per heavy atom. The topological polar surface area (TPSA) is 58.6 Å². The second-order valence-corrected chi connectivity index (χ2v) is 7.20. The van der Waals surface area contributed by atoms with Crippen molar-refractivity contribution in [3.8, 4) is 0 Å². The first-order valence-corrected chi connectivity index (χ1v) is 9.54. The van der Waals surface area contributed by atoms with Gasteiger partial charge in [0.15, 0.2) is 0 Å². The van der Waals surface area contributed by atoms with Gasteiger partial charge in [0.25, 0.3) is 0 Å².